The summed E-state index contributed by atoms with van der Waals surface area (Å²) in [4.78, 5) is 10.2. The third-order valence-corrected chi connectivity index (χ3v) is 6.02. The van der Waals surface area contributed by atoms with E-state index in [0.29, 0.717) is 22.6 Å². The molecule has 7 nitrogen and oxygen atoms in total. The van der Waals surface area contributed by atoms with Gasteiger partial charge in [-0.2, -0.15) is 0 Å². The van der Waals surface area contributed by atoms with Crippen LogP contribution in [0.4, 0.5) is 11.4 Å². The summed E-state index contributed by atoms with van der Waals surface area (Å²) < 4.78 is 31.8. The molecule has 0 saturated carbocycles. The standard InChI is InChI=1S/C15H14N2O5S/c1-16-14-8-7-12(22-2)9-13(14)15(23(16,20)21)10-3-5-11(6-4-10)17(18)19/h3-9,15H,1-2H3. The van der Waals surface area contributed by atoms with E-state index in [1.165, 1.54) is 42.7 Å². The van der Waals surface area contributed by atoms with Crippen LogP contribution in [0.5, 0.6) is 5.75 Å². The number of hydrogen-bond acceptors (Lipinski definition) is 5. The molecular weight excluding hydrogens is 320 g/mol. The summed E-state index contributed by atoms with van der Waals surface area (Å²) in [6.07, 6.45) is 0. The average molecular weight is 334 g/mol. The number of anilines is 1. The fourth-order valence-electron chi connectivity index (χ4n) is 2.73. The fraction of sp³-hybridized carbons (Fsp3) is 0.200. The molecule has 0 bridgehead atoms. The van der Waals surface area contributed by atoms with Gasteiger partial charge < -0.3 is 4.74 Å². The molecule has 0 fully saturated rings. The van der Waals surface area contributed by atoms with Crippen molar-refractivity contribution >= 4 is 21.4 Å². The molecule has 120 valence electrons. The first kappa shape index (κ1) is 15.3. The predicted molar refractivity (Wildman–Crippen MR) is 85.3 cm³/mol. The largest absolute Gasteiger partial charge is 0.497 e. The van der Waals surface area contributed by atoms with Crippen LogP contribution in [0.15, 0.2) is 42.5 Å². The molecule has 0 spiro atoms. The van der Waals surface area contributed by atoms with Gasteiger partial charge in [-0.1, -0.05) is 12.1 Å². The smallest absolute Gasteiger partial charge is 0.269 e. The summed E-state index contributed by atoms with van der Waals surface area (Å²) in [5.74, 6) is 0.557. The Morgan fingerprint density at radius 3 is 2.39 bits per heavy atom. The van der Waals surface area contributed by atoms with E-state index in [1.807, 2.05) is 0 Å². The topological polar surface area (TPSA) is 89.7 Å². The van der Waals surface area contributed by atoms with Gasteiger partial charge in [0.2, 0.25) is 10.0 Å². The van der Waals surface area contributed by atoms with Crippen LogP contribution in [0.2, 0.25) is 0 Å². The SMILES string of the molecule is COc1ccc2c(c1)C(c1ccc([N+](=O)[O-])cc1)S(=O)(=O)N2C. The van der Waals surface area contributed by atoms with Crippen molar-refractivity contribution in [1.29, 1.82) is 0 Å². The molecule has 2 aromatic carbocycles. The molecule has 0 saturated heterocycles. The van der Waals surface area contributed by atoms with Crippen molar-refractivity contribution in [3.8, 4) is 5.75 Å². The van der Waals surface area contributed by atoms with Crippen LogP contribution in [0.25, 0.3) is 0 Å². The average Bonchev–Trinajstić information content (AvgIpc) is 2.73. The summed E-state index contributed by atoms with van der Waals surface area (Å²) >= 11 is 0. The first-order valence-corrected chi connectivity index (χ1v) is 8.26. The highest BCUT2D eigenvalue weighted by molar-refractivity contribution is 7.93. The number of ether oxygens (including phenoxy) is 1. The second kappa shape index (κ2) is 5.24. The quantitative estimate of drug-likeness (QED) is 0.635. The lowest BCUT2D eigenvalue weighted by molar-refractivity contribution is -0.384. The molecule has 0 aromatic heterocycles. The number of nitro benzene ring substituents is 1. The van der Waals surface area contributed by atoms with Gasteiger partial charge >= 0.3 is 0 Å². The highest BCUT2D eigenvalue weighted by Gasteiger charge is 2.42. The van der Waals surface area contributed by atoms with Crippen LogP contribution in [-0.4, -0.2) is 27.5 Å². The minimum absolute atomic E-state index is 0.0802. The van der Waals surface area contributed by atoms with Crippen molar-refractivity contribution in [3.05, 3.63) is 63.7 Å². The zero-order valence-electron chi connectivity index (χ0n) is 12.5. The number of benzene rings is 2. The Bertz CT molecular complexity index is 877. The summed E-state index contributed by atoms with van der Waals surface area (Å²) in [6.45, 7) is 0. The molecule has 3 rings (SSSR count). The third kappa shape index (κ3) is 2.31. The molecule has 1 aliphatic rings. The van der Waals surface area contributed by atoms with Gasteiger partial charge in [0.25, 0.3) is 5.69 Å². The number of methoxy groups -OCH3 is 1. The van der Waals surface area contributed by atoms with Gasteiger partial charge in [0, 0.05) is 24.7 Å². The number of sulfonamides is 1. The van der Waals surface area contributed by atoms with Gasteiger partial charge in [-0.05, 0) is 23.8 Å². The first-order chi connectivity index (χ1) is 10.9. The van der Waals surface area contributed by atoms with Crippen molar-refractivity contribution in [2.75, 3.05) is 18.5 Å². The molecule has 0 radical (unpaired) electrons. The minimum Gasteiger partial charge on any atom is -0.497 e. The highest BCUT2D eigenvalue weighted by Crippen LogP contribution is 2.46. The first-order valence-electron chi connectivity index (χ1n) is 6.76. The van der Waals surface area contributed by atoms with Crippen LogP contribution >= 0.6 is 0 Å². The van der Waals surface area contributed by atoms with Crippen molar-refractivity contribution in [2.45, 2.75) is 5.25 Å². The van der Waals surface area contributed by atoms with Gasteiger partial charge in [-0.3, -0.25) is 14.4 Å². The Hall–Kier alpha value is -2.61. The van der Waals surface area contributed by atoms with Gasteiger partial charge in [-0.25, -0.2) is 8.42 Å². The number of hydrogen-bond donors (Lipinski definition) is 0. The van der Waals surface area contributed by atoms with E-state index in [2.05, 4.69) is 0 Å². The van der Waals surface area contributed by atoms with Crippen molar-refractivity contribution in [3.63, 3.8) is 0 Å². The van der Waals surface area contributed by atoms with Gasteiger partial charge in [0.05, 0.1) is 17.7 Å². The van der Waals surface area contributed by atoms with Crippen molar-refractivity contribution in [1.82, 2.24) is 0 Å². The molecule has 8 heteroatoms. The second-order valence-electron chi connectivity index (χ2n) is 5.17. The van der Waals surface area contributed by atoms with Crippen molar-refractivity contribution < 1.29 is 18.1 Å². The lowest BCUT2D eigenvalue weighted by Crippen LogP contribution is -2.24. The van der Waals surface area contributed by atoms with E-state index in [4.69, 9.17) is 4.74 Å². The summed E-state index contributed by atoms with van der Waals surface area (Å²) in [6, 6.07) is 10.6. The molecule has 1 heterocycles. The predicted octanol–water partition coefficient (Wildman–Crippen LogP) is 2.47. The Morgan fingerprint density at radius 2 is 1.83 bits per heavy atom. The van der Waals surface area contributed by atoms with E-state index in [-0.39, 0.29) is 5.69 Å². The lowest BCUT2D eigenvalue weighted by Gasteiger charge is -2.14. The lowest BCUT2D eigenvalue weighted by atomic mass is 10.0. The monoisotopic (exact) mass is 334 g/mol. The van der Waals surface area contributed by atoms with Crippen LogP contribution in [0, 0.1) is 10.1 Å². The Morgan fingerprint density at radius 1 is 1.17 bits per heavy atom. The number of rotatable bonds is 3. The highest BCUT2D eigenvalue weighted by atomic mass is 32.2. The second-order valence-corrected chi connectivity index (χ2v) is 7.21. The third-order valence-electron chi connectivity index (χ3n) is 3.94. The molecule has 23 heavy (non-hydrogen) atoms. The van der Waals surface area contributed by atoms with Crippen LogP contribution in [-0.2, 0) is 10.0 Å². The molecule has 0 amide bonds. The van der Waals surface area contributed by atoms with E-state index in [0.717, 1.165) is 0 Å². The maximum Gasteiger partial charge on any atom is 0.269 e. The van der Waals surface area contributed by atoms with Crippen LogP contribution in [0.3, 0.4) is 0 Å². The van der Waals surface area contributed by atoms with Crippen LogP contribution < -0.4 is 9.04 Å². The fourth-order valence-corrected chi connectivity index (χ4v) is 4.50. The van der Waals surface area contributed by atoms with E-state index in [1.54, 1.807) is 18.2 Å². The van der Waals surface area contributed by atoms with E-state index < -0.39 is 20.2 Å². The van der Waals surface area contributed by atoms with Gasteiger partial charge in [0.15, 0.2) is 0 Å². The van der Waals surface area contributed by atoms with E-state index in [9.17, 15) is 18.5 Å². The summed E-state index contributed by atoms with van der Waals surface area (Å²) in [5.41, 5.74) is 1.58. The Kier molecular flexibility index (Phi) is 3.48. The Balaban J connectivity index is 2.16. The summed E-state index contributed by atoms with van der Waals surface area (Å²) in [7, 11) is -0.626. The number of nitro groups is 1. The number of fused-ring (bicyclic) bond motifs is 1. The van der Waals surface area contributed by atoms with Gasteiger partial charge in [0.1, 0.15) is 11.0 Å². The van der Waals surface area contributed by atoms with Gasteiger partial charge in [-0.15, -0.1) is 0 Å². The number of nitrogens with zero attached hydrogens (tertiary/aromatic N) is 2. The van der Waals surface area contributed by atoms with Crippen molar-refractivity contribution in [2.24, 2.45) is 0 Å². The minimum atomic E-state index is -3.63. The van der Waals surface area contributed by atoms with Crippen LogP contribution in [0.1, 0.15) is 16.4 Å². The maximum absolute atomic E-state index is 12.7. The number of non-ortho nitro benzene ring substituents is 1. The Labute approximate surface area is 133 Å². The molecule has 1 atom stereocenters. The zero-order chi connectivity index (χ0) is 16.8. The molecular formula is C15H14N2O5S. The zero-order valence-corrected chi connectivity index (χ0v) is 13.3. The summed E-state index contributed by atoms with van der Waals surface area (Å²) in [5, 5.41) is 9.85. The molecule has 1 unspecified atom stereocenters. The van der Waals surface area contributed by atoms with E-state index >= 15 is 0 Å². The molecule has 2 aromatic rings. The normalized spacial score (nSPS) is 18.5. The molecule has 0 N–H and O–H groups in total. The molecule has 1 aliphatic heterocycles. The molecule has 0 aliphatic carbocycles. The maximum atomic E-state index is 12.7.